The molecule has 2 heterocycles. The summed E-state index contributed by atoms with van der Waals surface area (Å²) in [4.78, 5) is 32.3. The van der Waals surface area contributed by atoms with Crippen molar-refractivity contribution in [1.29, 1.82) is 0 Å². The van der Waals surface area contributed by atoms with E-state index in [9.17, 15) is 9.59 Å². The number of nitrogens with one attached hydrogen (secondary N) is 1. The second-order valence-corrected chi connectivity index (χ2v) is 4.37. The molecule has 1 atom stereocenters. The summed E-state index contributed by atoms with van der Waals surface area (Å²) in [5, 5.41) is 0. The summed E-state index contributed by atoms with van der Waals surface area (Å²) in [5.74, 6) is 0.470. The van der Waals surface area contributed by atoms with E-state index in [-0.39, 0.29) is 11.5 Å². The molecule has 1 aliphatic rings. The van der Waals surface area contributed by atoms with Gasteiger partial charge in [0, 0.05) is 6.61 Å². The van der Waals surface area contributed by atoms with Crippen LogP contribution in [0.2, 0.25) is 0 Å². The van der Waals surface area contributed by atoms with Gasteiger partial charge >= 0.3 is 0 Å². The molecule has 98 valence electrons. The van der Waals surface area contributed by atoms with E-state index in [1.54, 1.807) is 18.7 Å². The average Bonchev–Trinajstić information content (AvgIpc) is 2.72. The number of ether oxygens (including phenoxy) is 1. The summed E-state index contributed by atoms with van der Waals surface area (Å²) in [6.07, 6.45) is -0.482. The van der Waals surface area contributed by atoms with Crippen molar-refractivity contribution in [1.82, 2.24) is 14.9 Å². The van der Waals surface area contributed by atoms with Crippen molar-refractivity contribution in [3.8, 4) is 0 Å². The molecule has 0 aliphatic carbocycles. The van der Waals surface area contributed by atoms with E-state index in [1.165, 1.54) is 0 Å². The molecule has 0 bridgehead atoms. The first-order chi connectivity index (χ1) is 8.52. The third-order valence-electron chi connectivity index (χ3n) is 2.99. The Hall–Kier alpha value is -1.69. The van der Waals surface area contributed by atoms with Gasteiger partial charge < -0.3 is 14.6 Å². The summed E-state index contributed by atoms with van der Waals surface area (Å²) >= 11 is 0. The van der Waals surface area contributed by atoms with E-state index in [0.717, 1.165) is 0 Å². The summed E-state index contributed by atoms with van der Waals surface area (Å²) in [6, 6.07) is 0. The van der Waals surface area contributed by atoms with E-state index < -0.39 is 6.10 Å². The number of hydrogen-bond acceptors (Lipinski definition) is 4. The third kappa shape index (κ3) is 2.28. The second-order valence-electron chi connectivity index (χ2n) is 4.37. The number of aryl methyl sites for hydroxylation is 1. The zero-order valence-electron chi connectivity index (χ0n) is 10.8. The van der Waals surface area contributed by atoms with Crippen molar-refractivity contribution in [2.75, 3.05) is 6.61 Å². The molecular formula is C12H17N3O3. The largest absolute Gasteiger partial charge is 0.369 e. The highest BCUT2D eigenvalue weighted by Crippen LogP contribution is 2.18. The van der Waals surface area contributed by atoms with Crippen LogP contribution in [0.4, 0.5) is 0 Å². The normalized spacial score (nSPS) is 15.6. The van der Waals surface area contributed by atoms with Crippen LogP contribution in [0.5, 0.6) is 0 Å². The highest BCUT2D eigenvalue weighted by molar-refractivity contribution is 5.81. The molecule has 1 N–H and O–H groups in total. The van der Waals surface area contributed by atoms with Crippen LogP contribution in [0.25, 0.3) is 0 Å². The van der Waals surface area contributed by atoms with Crippen molar-refractivity contribution in [2.24, 2.45) is 0 Å². The number of aromatic nitrogens is 2. The molecule has 2 rings (SSSR count). The van der Waals surface area contributed by atoms with Crippen LogP contribution in [-0.4, -0.2) is 33.5 Å². The predicted molar refractivity (Wildman–Crippen MR) is 64.9 cm³/mol. The number of nitrogens with zero attached hydrogens (tertiary/aromatic N) is 2. The monoisotopic (exact) mass is 251 g/mol. The number of amides is 1. The summed E-state index contributed by atoms with van der Waals surface area (Å²) < 4.78 is 5.27. The zero-order valence-corrected chi connectivity index (χ0v) is 10.8. The van der Waals surface area contributed by atoms with Crippen molar-refractivity contribution in [2.45, 2.75) is 40.0 Å². The van der Waals surface area contributed by atoms with Gasteiger partial charge in [0.15, 0.2) is 0 Å². The lowest BCUT2D eigenvalue weighted by molar-refractivity contribution is -0.143. The Morgan fingerprint density at radius 1 is 1.56 bits per heavy atom. The van der Waals surface area contributed by atoms with Crippen molar-refractivity contribution in [3.05, 3.63) is 27.4 Å². The summed E-state index contributed by atoms with van der Waals surface area (Å²) in [7, 11) is 0. The lowest BCUT2D eigenvalue weighted by Crippen LogP contribution is -2.35. The third-order valence-corrected chi connectivity index (χ3v) is 2.99. The first-order valence-corrected chi connectivity index (χ1v) is 6.02. The molecule has 0 saturated heterocycles. The Morgan fingerprint density at radius 3 is 2.94 bits per heavy atom. The highest BCUT2D eigenvalue weighted by Gasteiger charge is 2.29. The number of hydrogen-bond donors (Lipinski definition) is 1. The first-order valence-electron chi connectivity index (χ1n) is 6.02. The number of aromatic amines is 1. The average molecular weight is 251 g/mol. The number of H-pyrrole nitrogens is 1. The summed E-state index contributed by atoms with van der Waals surface area (Å²) in [5.41, 5.74) is 1.11. The van der Waals surface area contributed by atoms with Gasteiger partial charge in [0.1, 0.15) is 11.9 Å². The van der Waals surface area contributed by atoms with E-state index in [0.29, 0.717) is 36.8 Å². The number of rotatable bonds is 3. The van der Waals surface area contributed by atoms with Crippen LogP contribution >= 0.6 is 0 Å². The molecule has 1 amide bonds. The molecule has 1 aromatic rings. The van der Waals surface area contributed by atoms with Crippen LogP contribution in [0.1, 0.15) is 30.9 Å². The molecule has 0 spiro atoms. The number of carbonyl (C=O) groups is 1. The fraction of sp³-hybridized carbons (Fsp3) is 0.583. The predicted octanol–water partition coefficient (Wildman–Crippen LogP) is 0.346. The number of fused-ring (bicyclic) bond motifs is 1. The van der Waals surface area contributed by atoms with Gasteiger partial charge in [-0.05, 0) is 20.8 Å². The topological polar surface area (TPSA) is 75.3 Å². The molecule has 0 unspecified atom stereocenters. The molecule has 0 aromatic carbocycles. The Kier molecular flexibility index (Phi) is 3.47. The molecule has 0 saturated carbocycles. The van der Waals surface area contributed by atoms with Gasteiger partial charge in [0.05, 0.1) is 24.3 Å². The van der Waals surface area contributed by atoms with E-state index in [4.69, 9.17) is 4.74 Å². The van der Waals surface area contributed by atoms with Gasteiger partial charge in [-0.15, -0.1) is 0 Å². The Bertz CT molecular complexity index is 524. The van der Waals surface area contributed by atoms with Gasteiger partial charge in [0.25, 0.3) is 11.5 Å². The molecular weight excluding hydrogens is 234 g/mol. The second kappa shape index (κ2) is 4.89. The quantitative estimate of drug-likeness (QED) is 0.840. The maximum atomic E-state index is 12.1. The molecule has 6 nitrogen and oxygen atoms in total. The SMILES string of the molecule is CCO[C@H](C)C(=O)N1Cc2nc(C)[nH]c(=O)c2C1. The van der Waals surface area contributed by atoms with Gasteiger partial charge in [-0.25, -0.2) is 4.98 Å². The lowest BCUT2D eigenvalue weighted by atomic mass is 10.3. The van der Waals surface area contributed by atoms with Gasteiger partial charge in [0.2, 0.25) is 0 Å². The van der Waals surface area contributed by atoms with Crippen molar-refractivity contribution < 1.29 is 9.53 Å². The first kappa shape index (κ1) is 12.8. The van der Waals surface area contributed by atoms with E-state index in [1.807, 2.05) is 6.92 Å². The van der Waals surface area contributed by atoms with Gasteiger partial charge in [-0.2, -0.15) is 0 Å². The Labute approximate surface area is 105 Å². The van der Waals surface area contributed by atoms with Gasteiger partial charge in [-0.3, -0.25) is 9.59 Å². The van der Waals surface area contributed by atoms with Crippen LogP contribution in [0, 0.1) is 6.92 Å². The minimum Gasteiger partial charge on any atom is -0.369 e. The molecule has 18 heavy (non-hydrogen) atoms. The Morgan fingerprint density at radius 2 is 2.28 bits per heavy atom. The standard InChI is InChI=1S/C12H17N3O3/c1-4-18-7(2)12(17)15-5-9-10(6-15)13-8(3)14-11(9)16/h7H,4-6H2,1-3H3,(H,13,14,16)/t7-/m1/s1. The zero-order chi connectivity index (χ0) is 13.3. The summed E-state index contributed by atoms with van der Waals surface area (Å²) in [6.45, 7) is 6.49. The molecule has 0 radical (unpaired) electrons. The van der Waals surface area contributed by atoms with E-state index in [2.05, 4.69) is 9.97 Å². The van der Waals surface area contributed by atoms with Crippen LogP contribution in [-0.2, 0) is 22.6 Å². The minimum atomic E-state index is -0.482. The lowest BCUT2D eigenvalue weighted by Gasteiger charge is -2.19. The maximum Gasteiger partial charge on any atom is 0.256 e. The molecule has 6 heteroatoms. The molecule has 1 aliphatic heterocycles. The van der Waals surface area contributed by atoms with Crippen molar-refractivity contribution >= 4 is 5.91 Å². The fourth-order valence-corrected chi connectivity index (χ4v) is 2.12. The fourth-order valence-electron chi connectivity index (χ4n) is 2.12. The van der Waals surface area contributed by atoms with Crippen LogP contribution < -0.4 is 5.56 Å². The smallest absolute Gasteiger partial charge is 0.256 e. The van der Waals surface area contributed by atoms with E-state index >= 15 is 0 Å². The van der Waals surface area contributed by atoms with Crippen LogP contribution in [0.3, 0.4) is 0 Å². The Balaban J connectivity index is 2.17. The van der Waals surface area contributed by atoms with Crippen LogP contribution in [0.15, 0.2) is 4.79 Å². The molecule has 1 aromatic heterocycles. The minimum absolute atomic E-state index is 0.105. The van der Waals surface area contributed by atoms with Crippen molar-refractivity contribution in [3.63, 3.8) is 0 Å². The maximum absolute atomic E-state index is 12.1. The number of carbonyl (C=O) groups excluding carboxylic acids is 1. The highest BCUT2D eigenvalue weighted by atomic mass is 16.5. The van der Waals surface area contributed by atoms with Gasteiger partial charge in [-0.1, -0.05) is 0 Å². The molecule has 0 fully saturated rings.